The zero-order valence-electron chi connectivity index (χ0n) is 25.9. The molecule has 0 bridgehead atoms. The Labute approximate surface area is 281 Å². The average Bonchev–Trinajstić information content (AvgIpc) is 3.50. The number of para-hydroxylation sites is 1. The fraction of sp³-hybridized carbons (Fsp3) is 0.0455. The van der Waals surface area contributed by atoms with Crippen molar-refractivity contribution in [1.29, 1.82) is 0 Å². The van der Waals surface area contributed by atoms with Crippen molar-refractivity contribution in [2.45, 2.75) is 22.1 Å². The van der Waals surface area contributed by atoms with Crippen LogP contribution in [0.2, 0.25) is 0 Å². The summed E-state index contributed by atoms with van der Waals surface area (Å²) >= 11 is 1.81. The second-order valence-corrected chi connectivity index (χ2v) is 13.9. The normalized spacial score (nSPS) is 14.7. The molecule has 3 heterocycles. The molecule has 3 nitrogen and oxygen atoms in total. The molecule has 9 aromatic rings. The molecule has 0 amide bonds. The first-order chi connectivity index (χ1) is 23.8. The summed E-state index contributed by atoms with van der Waals surface area (Å²) in [6, 6.07) is 53.0. The van der Waals surface area contributed by atoms with Crippen molar-refractivity contribution in [3.63, 3.8) is 0 Å². The SMILES string of the molecule is c1ccc(C2Cc3ccccc3-c3c2c2c(c4ccccc34)c3ccccc3n2-c2nc3c4c(cccc4n2)Sc2ccccc2-3)cc1. The van der Waals surface area contributed by atoms with Crippen molar-refractivity contribution in [3.05, 3.63) is 162 Å². The van der Waals surface area contributed by atoms with Gasteiger partial charge in [-0.15, -0.1) is 0 Å². The third-order valence-electron chi connectivity index (χ3n) is 10.4. The third kappa shape index (κ3) is 3.55. The quantitative estimate of drug-likeness (QED) is 0.191. The van der Waals surface area contributed by atoms with E-state index in [1.165, 1.54) is 70.2 Å². The van der Waals surface area contributed by atoms with Crippen LogP contribution in [0.1, 0.15) is 22.6 Å². The standard InChI is InChI=1S/C44H27N3S/c1-2-13-26(14-3-1)33-25-27-15-4-5-16-28(27)38-29-17-6-7-18-30(29)39-31-19-8-10-22-35(31)47(43(39)40(33)38)44-45-34-21-12-24-37-41(34)42(46-44)32-20-9-11-23-36(32)48-37/h1-24,33H,25H2. The number of nitrogens with zero attached hydrogens (tertiary/aromatic N) is 3. The lowest BCUT2D eigenvalue weighted by Gasteiger charge is -2.31. The Morgan fingerprint density at radius 1 is 0.562 bits per heavy atom. The second kappa shape index (κ2) is 9.90. The van der Waals surface area contributed by atoms with E-state index in [1.54, 1.807) is 0 Å². The highest BCUT2D eigenvalue weighted by atomic mass is 32.2. The molecule has 0 saturated carbocycles. The first-order valence-corrected chi connectivity index (χ1v) is 17.3. The molecule has 1 unspecified atom stereocenters. The Bertz CT molecular complexity index is 2800. The predicted octanol–water partition coefficient (Wildman–Crippen LogP) is 11.4. The second-order valence-electron chi connectivity index (χ2n) is 12.9. The molecule has 0 spiro atoms. The van der Waals surface area contributed by atoms with Gasteiger partial charge in [-0.05, 0) is 69.3 Å². The molecule has 0 N–H and O–H groups in total. The van der Waals surface area contributed by atoms with Crippen LogP contribution in [0.25, 0.3) is 71.8 Å². The van der Waals surface area contributed by atoms with Crippen LogP contribution in [0.15, 0.2) is 155 Å². The number of hydrogen-bond donors (Lipinski definition) is 0. The molecule has 224 valence electrons. The molecule has 1 aliphatic carbocycles. The van der Waals surface area contributed by atoms with E-state index >= 15 is 0 Å². The highest BCUT2D eigenvalue weighted by Gasteiger charge is 2.33. The van der Waals surface area contributed by atoms with Crippen molar-refractivity contribution in [2.75, 3.05) is 0 Å². The first kappa shape index (κ1) is 26.4. The van der Waals surface area contributed by atoms with Gasteiger partial charge in [0.15, 0.2) is 0 Å². The van der Waals surface area contributed by atoms with Gasteiger partial charge in [0.25, 0.3) is 0 Å². The molecule has 11 rings (SSSR count). The molecule has 48 heavy (non-hydrogen) atoms. The van der Waals surface area contributed by atoms with E-state index in [-0.39, 0.29) is 5.92 Å². The minimum atomic E-state index is 0.161. The zero-order chi connectivity index (χ0) is 31.3. The summed E-state index contributed by atoms with van der Waals surface area (Å²) in [5, 5.41) is 6.17. The third-order valence-corrected chi connectivity index (χ3v) is 11.5. The summed E-state index contributed by atoms with van der Waals surface area (Å²) in [7, 11) is 0. The lowest BCUT2D eigenvalue weighted by atomic mass is 9.73. The van der Waals surface area contributed by atoms with Crippen molar-refractivity contribution in [1.82, 2.24) is 14.5 Å². The lowest BCUT2D eigenvalue weighted by molar-refractivity contribution is 0.797. The van der Waals surface area contributed by atoms with Gasteiger partial charge in [-0.1, -0.05) is 133 Å². The molecule has 7 aromatic carbocycles. The maximum Gasteiger partial charge on any atom is 0.235 e. The minimum Gasteiger partial charge on any atom is -0.278 e. The van der Waals surface area contributed by atoms with Gasteiger partial charge in [0.1, 0.15) is 0 Å². The van der Waals surface area contributed by atoms with Crippen LogP contribution in [-0.2, 0) is 6.42 Å². The van der Waals surface area contributed by atoms with Crippen LogP contribution in [-0.4, -0.2) is 14.5 Å². The summed E-state index contributed by atoms with van der Waals surface area (Å²) in [5.41, 5.74) is 12.2. The summed E-state index contributed by atoms with van der Waals surface area (Å²) in [4.78, 5) is 13.4. The maximum atomic E-state index is 5.53. The van der Waals surface area contributed by atoms with Gasteiger partial charge in [-0.3, -0.25) is 4.57 Å². The largest absolute Gasteiger partial charge is 0.278 e. The molecule has 2 aromatic heterocycles. The molecule has 4 heteroatoms. The van der Waals surface area contributed by atoms with Crippen LogP contribution in [0, 0.1) is 0 Å². The van der Waals surface area contributed by atoms with Gasteiger partial charge in [0, 0.05) is 37.4 Å². The van der Waals surface area contributed by atoms with E-state index in [4.69, 9.17) is 9.97 Å². The molecule has 1 atom stereocenters. The number of benzene rings is 7. The molecular formula is C44H27N3S. The number of rotatable bonds is 2. The van der Waals surface area contributed by atoms with E-state index < -0.39 is 0 Å². The van der Waals surface area contributed by atoms with E-state index in [0.717, 1.165) is 28.5 Å². The molecule has 0 fully saturated rings. The van der Waals surface area contributed by atoms with Crippen LogP contribution in [0.3, 0.4) is 0 Å². The molecule has 0 saturated heterocycles. The fourth-order valence-electron chi connectivity index (χ4n) is 8.41. The summed E-state index contributed by atoms with van der Waals surface area (Å²) in [6.45, 7) is 0. The zero-order valence-corrected chi connectivity index (χ0v) is 26.7. The van der Waals surface area contributed by atoms with E-state index in [2.05, 4.69) is 150 Å². The Balaban J connectivity index is 1.37. The van der Waals surface area contributed by atoms with E-state index in [9.17, 15) is 0 Å². The van der Waals surface area contributed by atoms with Crippen molar-refractivity contribution in [3.8, 4) is 28.3 Å². The molecule has 1 aliphatic heterocycles. The minimum absolute atomic E-state index is 0.161. The Morgan fingerprint density at radius 2 is 1.27 bits per heavy atom. The van der Waals surface area contributed by atoms with Gasteiger partial charge in [0.05, 0.1) is 22.2 Å². The topological polar surface area (TPSA) is 30.7 Å². The molecule has 2 aliphatic rings. The Hall–Kier alpha value is -5.71. The summed E-state index contributed by atoms with van der Waals surface area (Å²) in [6.07, 6.45) is 0.930. The highest BCUT2D eigenvalue weighted by molar-refractivity contribution is 7.99. The molecular weight excluding hydrogens is 603 g/mol. The van der Waals surface area contributed by atoms with Crippen LogP contribution in [0.5, 0.6) is 0 Å². The van der Waals surface area contributed by atoms with E-state index in [0.29, 0.717) is 5.95 Å². The van der Waals surface area contributed by atoms with Crippen molar-refractivity contribution < 1.29 is 0 Å². The van der Waals surface area contributed by atoms with Crippen LogP contribution in [0.4, 0.5) is 0 Å². The van der Waals surface area contributed by atoms with Crippen molar-refractivity contribution >= 4 is 55.2 Å². The summed E-state index contributed by atoms with van der Waals surface area (Å²) < 4.78 is 2.38. The Morgan fingerprint density at radius 3 is 2.17 bits per heavy atom. The van der Waals surface area contributed by atoms with Gasteiger partial charge in [-0.25, -0.2) is 9.97 Å². The Kier molecular flexibility index (Phi) is 5.44. The first-order valence-electron chi connectivity index (χ1n) is 16.5. The predicted molar refractivity (Wildman–Crippen MR) is 198 cm³/mol. The van der Waals surface area contributed by atoms with Gasteiger partial charge < -0.3 is 0 Å². The maximum absolute atomic E-state index is 5.53. The summed E-state index contributed by atoms with van der Waals surface area (Å²) in [5.74, 6) is 0.875. The lowest BCUT2D eigenvalue weighted by Crippen LogP contribution is -2.15. The van der Waals surface area contributed by atoms with Gasteiger partial charge in [-0.2, -0.15) is 0 Å². The highest BCUT2D eigenvalue weighted by Crippen LogP contribution is 2.53. The van der Waals surface area contributed by atoms with Crippen LogP contribution >= 0.6 is 11.8 Å². The smallest absolute Gasteiger partial charge is 0.235 e. The average molecular weight is 630 g/mol. The van der Waals surface area contributed by atoms with Gasteiger partial charge >= 0.3 is 0 Å². The van der Waals surface area contributed by atoms with Gasteiger partial charge in [0.2, 0.25) is 5.95 Å². The number of hydrogen-bond acceptors (Lipinski definition) is 3. The molecule has 0 radical (unpaired) electrons. The van der Waals surface area contributed by atoms with Crippen molar-refractivity contribution in [2.24, 2.45) is 0 Å². The van der Waals surface area contributed by atoms with E-state index in [1.807, 2.05) is 11.8 Å². The number of fused-ring (bicyclic) bond motifs is 12. The number of aromatic nitrogens is 3. The fourth-order valence-corrected chi connectivity index (χ4v) is 9.52. The van der Waals surface area contributed by atoms with Crippen LogP contribution < -0.4 is 0 Å². The monoisotopic (exact) mass is 629 g/mol.